The topological polar surface area (TPSA) is 61.8 Å². The number of esters is 1. The Bertz CT molecular complexity index is 537. The average molecular weight is 292 g/mol. The van der Waals surface area contributed by atoms with E-state index >= 15 is 0 Å². The lowest BCUT2D eigenvalue weighted by molar-refractivity contribution is -0.146. The smallest absolute Gasteiger partial charge is 0.309 e. The second-order valence-corrected chi connectivity index (χ2v) is 5.10. The number of benzene rings is 1. The number of Topliss-reactive ketones (excluding diaryl/α,β-unsaturated/α-hetero) is 1. The van der Waals surface area contributed by atoms with Gasteiger partial charge in [0.25, 0.3) is 0 Å². The maximum Gasteiger partial charge on any atom is 0.309 e. The number of carbonyl (C=O) groups is 2. The summed E-state index contributed by atoms with van der Waals surface area (Å²) in [5.74, 6) is 0.0993. The first-order chi connectivity index (χ1) is 10.1. The van der Waals surface area contributed by atoms with E-state index < -0.39 is 0 Å². The molecule has 1 saturated carbocycles. The molecule has 2 atom stereocenters. The minimum Gasteiger partial charge on any atom is -0.493 e. The van der Waals surface area contributed by atoms with Gasteiger partial charge in [-0.3, -0.25) is 9.59 Å². The number of methoxy groups -OCH3 is 3. The molecule has 0 aliphatic heterocycles. The van der Waals surface area contributed by atoms with Crippen molar-refractivity contribution in [2.75, 3.05) is 21.3 Å². The summed E-state index contributed by atoms with van der Waals surface area (Å²) in [5, 5.41) is 0. The molecule has 1 unspecified atom stereocenters. The number of ether oxygens (including phenoxy) is 3. The van der Waals surface area contributed by atoms with Gasteiger partial charge < -0.3 is 14.2 Å². The molecule has 1 aliphatic carbocycles. The molecule has 114 valence electrons. The molecule has 0 bridgehead atoms. The van der Waals surface area contributed by atoms with Gasteiger partial charge >= 0.3 is 5.97 Å². The fourth-order valence-corrected chi connectivity index (χ4v) is 2.91. The molecule has 1 aromatic rings. The second-order valence-electron chi connectivity index (χ2n) is 5.10. The van der Waals surface area contributed by atoms with Gasteiger partial charge in [-0.15, -0.1) is 0 Å². The van der Waals surface area contributed by atoms with Crippen LogP contribution in [0.3, 0.4) is 0 Å². The zero-order valence-corrected chi connectivity index (χ0v) is 12.5. The zero-order valence-electron chi connectivity index (χ0n) is 12.5. The van der Waals surface area contributed by atoms with Crippen LogP contribution in [-0.2, 0) is 9.53 Å². The van der Waals surface area contributed by atoms with E-state index in [1.807, 2.05) is 0 Å². The van der Waals surface area contributed by atoms with Crippen LogP contribution in [0, 0.1) is 11.8 Å². The molecule has 0 aromatic heterocycles. The van der Waals surface area contributed by atoms with Crippen LogP contribution in [0.5, 0.6) is 11.5 Å². The monoisotopic (exact) mass is 292 g/mol. The Kier molecular flexibility index (Phi) is 4.83. The van der Waals surface area contributed by atoms with Gasteiger partial charge in [0.1, 0.15) is 0 Å². The van der Waals surface area contributed by atoms with Crippen LogP contribution < -0.4 is 9.47 Å². The van der Waals surface area contributed by atoms with Crippen molar-refractivity contribution in [3.8, 4) is 11.5 Å². The SMILES string of the molecule is COC(=O)[C@@H]1CCCC1C(=O)c1ccc(OC)c(OC)c1. The Morgan fingerprint density at radius 1 is 1.00 bits per heavy atom. The van der Waals surface area contributed by atoms with E-state index in [9.17, 15) is 9.59 Å². The summed E-state index contributed by atoms with van der Waals surface area (Å²) in [6.45, 7) is 0. The lowest BCUT2D eigenvalue weighted by Gasteiger charge is -2.17. The molecule has 2 rings (SSSR count). The molecule has 0 amide bonds. The van der Waals surface area contributed by atoms with Crippen molar-refractivity contribution in [1.82, 2.24) is 0 Å². The highest BCUT2D eigenvalue weighted by atomic mass is 16.5. The Balaban J connectivity index is 2.25. The largest absolute Gasteiger partial charge is 0.493 e. The van der Waals surface area contributed by atoms with Crippen molar-refractivity contribution in [1.29, 1.82) is 0 Å². The molecule has 0 radical (unpaired) electrons. The van der Waals surface area contributed by atoms with E-state index in [1.165, 1.54) is 14.2 Å². The van der Waals surface area contributed by atoms with E-state index in [4.69, 9.17) is 14.2 Å². The maximum atomic E-state index is 12.6. The van der Waals surface area contributed by atoms with Crippen molar-refractivity contribution >= 4 is 11.8 Å². The Morgan fingerprint density at radius 2 is 1.67 bits per heavy atom. The van der Waals surface area contributed by atoms with Crippen LogP contribution in [0.4, 0.5) is 0 Å². The van der Waals surface area contributed by atoms with Gasteiger partial charge in [0.15, 0.2) is 17.3 Å². The number of carbonyl (C=O) groups excluding carboxylic acids is 2. The lowest BCUT2D eigenvalue weighted by Crippen LogP contribution is -2.26. The first-order valence-electron chi connectivity index (χ1n) is 6.96. The van der Waals surface area contributed by atoms with Gasteiger partial charge in [-0.1, -0.05) is 6.42 Å². The van der Waals surface area contributed by atoms with Gasteiger partial charge in [-0.05, 0) is 31.0 Å². The standard InChI is InChI=1S/C16H20O5/c1-19-13-8-7-10(9-14(13)20-2)15(17)11-5-4-6-12(11)16(18)21-3/h7-9,11-12H,4-6H2,1-3H3/t11?,12-/m1/s1. The predicted octanol–water partition coefficient (Wildman–Crippen LogP) is 2.48. The summed E-state index contributed by atoms with van der Waals surface area (Å²) in [5.41, 5.74) is 0.536. The number of ketones is 1. The molecule has 1 aromatic carbocycles. The van der Waals surface area contributed by atoms with Crippen molar-refractivity contribution in [2.24, 2.45) is 11.8 Å². The molecule has 0 heterocycles. The van der Waals surface area contributed by atoms with Crippen molar-refractivity contribution in [3.05, 3.63) is 23.8 Å². The van der Waals surface area contributed by atoms with E-state index in [2.05, 4.69) is 0 Å². The highest BCUT2D eigenvalue weighted by molar-refractivity contribution is 6.00. The normalized spacial score (nSPS) is 20.9. The first-order valence-corrected chi connectivity index (χ1v) is 6.96. The molecule has 0 spiro atoms. The fourth-order valence-electron chi connectivity index (χ4n) is 2.91. The summed E-state index contributed by atoms with van der Waals surface area (Å²) < 4.78 is 15.2. The number of hydrogen-bond donors (Lipinski definition) is 0. The molecular weight excluding hydrogens is 272 g/mol. The molecule has 5 nitrogen and oxygen atoms in total. The van der Waals surface area contributed by atoms with E-state index in [0.717, 1.165) is 6.42 Å². The van der Waals surface area contributed by atoms with Crippen LogP contribution in [0.2, 0.25) is 0 Å². The Hall–Kier alpha value is -2.04. The van der Waals surface area contributed by atoms with Crippen molar-refractivity contribution in [2.45, 2.75) is 19.3 Å². The van der Waals surface area contributed by atoms with E-state index in [0.29, 0.717) is 29.9 Å². The molecular formula is C16H20O5. The fraction of sp³-hybridized carbons (Fsp3) is 0.500. The highest BCUT2D eigenvalue weighted by Gasteiger charge is 2.38. The minimum atomic E-state index is -0.337. The summed E-state index contributed by atoms with van der Waals surface area (Å²) in [4.78, 5) is 24.4. The van der Waals surface area contributed by atoms with Gasteiger partial charge in [-0.2, -0.15) is 0 Å². The van der Waals surface area contributed by atoms with Crippen LogP contribution in [0.1, 0.15) is 29.6 Å². The van der Waals surface area contributed by atoms with Crippen LogP contribution in [0.15, 0.2) is 18.2 Å². The predicted molar refractivity (Wildman–Crippen MR) is 76.7 cm³/mol. The molecule has 0 N–H and O–H groups in total. The van der Waals surface area contributed by atoms with Crippen molar-refractivity contribution in [3.63, 3.8) is 0 Å². The Morgan fingerprint density at radius 3 is 2.29 bits per heavy atom. The van der Waals surface area contributed by atoms with Gasteiger partial charge in [0.2, 0.25) is 0 Å². The number of hydrogen-bond acceptors (Lipinski definition) is 5. The summed E-state index contributed by atoms with van der Waals surface area (Å²) in [7, 11) is 4.43. The number of rotatable bonds is 5. The molecule has 0 saturated heterocycles. The maximum absolute atomic E-state index is 12.6. The molecule has 21 heavy (non-hydrogen) atoms. The third-order valence-corrected chi connectivity index (χ3v) is 4.02. The quantitative estimate of drug-likeness (QED) is 0.616. The molecule has 1 aliphatic rings. The second kappa shape index (κ2) is 6.61. The average Bonchev–Trinajstić information content (AvgIpc) is 3.02. The molecule has 5 heteroatoms. The van der Waals surface area contributed by atoms with Crippen molar-refractivity contribution < 1.29 is 23.8 Å². The third-order valence-electron chi connectivity index (χ3n) is 4.02. The van der Waals surface area contributed by atoms with E-state index in [1.54, 1.807) is 25.3 Å². The van der Waals surface area contributed by atoms with Gasteiger partial charge in [0.05, 0.1) is 27.2 Å². The summed E-state index contributed by atoms with van der Waals surface area (Å²) >= 11 is 0. The highest BCUT2D eigenvalue weighted by Crippen LogP contribution is 2.36. The Labute approximate surface area is 124 Å². The minimum absolute atomic E-state index is 0.0381. The molecule has 1 fully saturated rings. The summed E-state index contributed by atoms with van der Waals surface area (Å²) in [6.07, 6.45) is 2.28. The zero-order chi connectivity index (χ0) is 15.4. The third kappa shape index (κ3) is 3.01. The van der Waals surface area contributed by atoms with Crippen LogP contribution >= 0.6 is 0 Å². The van der Waals surface area contributed by atoms with Crippen LogP contribution in [0.25, 0.3) is 0 Å². The van der Waals surface area contributed by atoms with Crippen LogP contribution in [-0.4, -0.2) is 33.1 Å². The summed E-state index contributed by atoms with van der Waals surface area (Å²) in [6, 6.07) is 5.07. The lowest BCUT2D eigenvalue weighted by atomic mass is 9.88. The van der Waals surface area contributed by atoms with Gasteiger partial charge in [0, 0.05) is 11.5 Å². The van der Waals surface area contributed by atoms with Gasteiger partial charge in [-0.25, -0.2) is 0 Å². The van der Waals surface area contributed by atoms with E-state index in [-0.39, 0.29) is 23.6 Å². The first kappa shape index (κ1) is 15.4.